The molecular formula is C17H22BrNO4. The summed E-state index contributed by atoms with van der Waals surface area (Å²) in [5.74, 6) is -0.662. The standard InChI is InChI=1S/C17H22BrNO4/c1-17(2)22-15(10-20)16(23-17)11-21-9-8-19-7-6-12-13(18)4-3-5-14(12)19/h3-7,15-16,20H,8-11H2,1-2H3/t15-,16-/m0/s1. The van der Waals surface area contributed by atoms with Gasteiger partial charge in [-0.25, -0.2) is 0 Å². The van der Waals surface area contributed by atoms with Crippen molar-refractivity contribution >= 4 is 26.8 Å². The normalized spacial score (nSPS) is 23.7. The molecule has 5 nitrogen and oxygen atoms in total. The Bertz CT molecular complexity index is 670. The van der Waals surface area contributed by atoms with Crippen molar-refractivity contribution in [3.63, 3.8) is 0 Å². The lowest BCUT2D eigenvalue weighted by atomic mass is 10.2. The van der Waals surface area contributed by atoms with Gasteiger partial charge in [-0.05, 0) is 32.0 Å². The molecule has 1 aliphatic rings. The van der Waals surface area contributed by atoms with Gasteiger partial charge in [0.1, 0.15) is 12.2 Å². The van der Waals surface area contributed by atoms with Gasteiger partial charge in [-0.15, -0.1) is 0 Å². The lowest BCUT2D eigenvalue weighted by Gasteiger charge is -2.17. The predicted octanol–water partition coefficient (Wildman–Crippen LogP) is 2.93. The smallest absolute Gasteiger partial charge is 0.163 e. The van der Waals surface area contributed by atoms with Crippen LogP contribution < -0.4 is 0 Å². The lowest BCUT2D eigenvalue weighted by Crippen LogP contribution is -2.31. The highest BCUT2D eigenvalue weighted by Gasteiger charge is 2.40. The fraction of sp³-hybridized carbons (Fsp3) is 0.529. The number of benzene rings is 1. The molecule has 23 heavy (non-hydrogen) atoms. The predicted molar refractivity (Wildman–Crippen MR) is 91.4 cm³/mol. The lowest BCUT2D eigenvalue weighted by molar-refractivity contribution is -0.153. The monoisotopic (exact) mass is 383 g/mol. The van der Waals surface area contributed by atoms with Crippen molar-refractivity contribution in [1.82, 2.24) is 4.57 Å². The zero-order valence-electron chi connectivity index (χ0n) is 13.4. The fourth-order valence-electron chi connectivity index (χ4n) is 2.95. The van der Waals surface area contributed by atoms with E-state index < -0.39 is 5.79 Å². The third kappa shape index (κ3) is 3.78. The second-order valence-corrected chi connectivity index (χ2v) is 7.01. The summed E-state index contributed by atoms with van der Waals surface area (Å²) in [6.45, 7) is 5.39. The number of fused-ring (bicyclic) bond motifs is 1. The second-order valence-electron chi connectivity index (χ2n) is 6.15. The Morgan fingerprint density at radius 3 is 2.83 bits per heavy atom. The second kappa shape index (κ2) is 6.91. The zero-order valence-corrected chi connectivity index (χ0v) is 15.0. The number of nitrogens with zero attached hydrogens (tertiary/aromatic N) is 1. The average Bonchev–Trinajstić information content (AvgIpc) is 3.05. The van der Waals surface area contributed by atoms with Gasteiger partial charge in [-0.2, -0.15) is 0 Å². The van der Waals surface area contributed by atoms with Gasteiger partial charge in [0.05, 0.1) is 19.8 Å². The van der Waals surface area contributed by atoms with Crippen molar-refractivity contribution in [3.8, 4) is 0 Å². The Morgan fingerprint density at radius 2 is 2.04 bits per heavy atom. The third-order valence-electron chi connectivity index (χ3n) is 3.98. The highest BCUT2D eigenvalue weighted by Crippen LogP contribution is 2.28. The number of aromatic nitrogens is 1. The van der Waals surface area contributed by atoms with Gasteiger partial charge >= 0.3 is 0 Å². The molecule has 1 aliphatic heterocycles. The van der Waals surface area contributed by atoms with E-state index in [1.165, 1.54) is 10.9 Å². The minimum absolute atomic E-state index is 0.0618. The number of halogens is 1. The van der Waals surface area contributed by atoms with Crippen molar-refractivity contribution in [1.29, 1.82) is 0 Å². The van der Waals surface area contributed by atoms with Crippen LogP contribution in [0.25, 0.3) is 10.9 Å². The largest absolute Gasteiger partial charge is 0.394 e. The van der Waals surface area contributed by atoms with Gasteiger partial charge in [-0.1, -0.05) is 22.0 Å². The number of hydrogen-bond donors (Lipinski definition) is 1. The van der Waals surface area contributed by atoms with Gasteiger partial charge < -0.3 is 23.9 Å². The van der Waals surface area contributed by atoms with Crippen LogP contribution in [-0.2, 0) is 20.8 Å². The van der Waals surface area contributed by atoms with Gasteiger partial charge in [0, 0.05) is 28.1 Å². The maximum absolute atomic E-state index is 9.35. The average molecular weight is 384 g/mol. The van der Waals surface area contributed by atoms with E-state index in [9.17, 15) is 5.11 Å². The van der Waals surface area contributed by atoms with Crippen LogP contribution in [0.15, 0.2) is 34.9 Å². The summed E-state index contributed by atoms with van der Waals surface area (Å²) < 4.78 is 20.4. The fourth-order valence-corrected chi connectivity index (χ4v) is 3.44. The molecule has 6 heteroatoms. The molecule has 2 heterocycles. The Kier molecular flexibility index (Phi) is 5.08. The summed E-state index contributed by atoms with van der Waals surface area (Å²) in [6.07, 6.45) is 1.51. The maximum atomic E-state index is 9.35. The summed E-state index contributed by atoms with van der Waals surface area (Å²) in [6, 6.07) is 8.26. The van der Waals surface area contributed by atoms with Crippen LogP contribution in [0.4, 0.5) is 0 Å². The van der Waals surface area contributed by atoms with Crippen LogP contribution >= 0.6 is 15.9 Å². The first kappa shape index (κ1) is 16.9. The van der Waals surface area contributed by atoms with Crippen LogP contribution in [-0.4, -0.2) is 47.5 Å². The Labute approximate surface area is 144 Å². The molecule has 1 aromatic heterocycles. The third-order valence-corrected chi connectivity index (χ3v) is 4.68. The molecule has 1 saturated heterocycles. The molecule has 1 aromatic carbocycles. The molecule has 3 rings (SSSR count). The van der Waals surface area contributed by atoms with E-state index in [0.717, 1.165) is 11.0 Å². The van der Waals surface area contributed by atoms with Crippen LogP contribution in [0, 0.1) is 0 Å². The minimum Gasteiger partial charge on any atom is -0.394 e. The van der Waals surface area contributed by atoms with Crippen LogP contribution in [0.2, 0.25) is 0 Å². The molecule has 0 radical (unpaired) electrons. The maximum Gasteiger partial charge on any atom is 0.163 e. The van der Waals surface area contributed by atoms with Crippen LogP contribution in [0.1, 0.15) is 13.8 Å². The Hall–Kier alpha value is -0.920. The first-order chi connectivity index (χ1) is 11.0. The number of ether oxygens (including phenoxy) is 3. The summed E-state index contributed by atoms with van der Waals surface area (Å²) in [7, 11) is 0. The SMILES string of the molecule is CC1(C)O[C@@H](CO)[C@H](COCCn2ccc3c(Br)cccc32)O1. The van der Waals surface area contributed by atoms with Gasteiger partial charge in [-0.3, -0.25) is 0 Å². The van der Waals surface area contributed by atoms with Crippen LogP contribution in [0.5, 0.6) is 0 Å². The van der Waals surface area contributed by atoms with Crippen LogP contribution in [0.3, 0.4) is 0 Å². The zero-order chi connectivity index (χ0) is 16.4. The van der Waals surface area contributed by atoms with E-state index in [4.69, 9.17) is 14.2 Å². The van der Waals surface area contributed by atoms with E-state index >= 15 is 0 Å². The molecular weight excluding hydrogens is 362 g/mol. The van der Waals surface area contributed by atoms with Crippen molar-refractivity contribution in [2.45, 2.75) is 38.4 Å². The summed E-state index contributed by atoms with van der Waals surface area (Å²) in [5, 5.41) is 10.5. The van der Waals surface area contributed by atoms with Gasteiger partial charge in [0.25, 0.3) is 0 Å². The molecule has 126 valence electrons. The van der Waals surface area contributed by atoms with E-state index in [2.05, 4.69) is 38.8 Å². The molecule has 0 bridgehead atoms. The first-order valence-electron chi connectivity index (χ1n) is 7.78. The molecule has 0 saturated carbocycles. The number of aliphatic hydroxyl groups excluding tert-OH is 1. The highest BCUT2D eigenvalue weighted by atomic mass is 79.9. The number of hydrogen-bond acceptors (Lipinski definition) is 4. The van der Waals surface area contributed by atoms with Crippen molar-refractivity contribution < 1.29 is 19.3 Å². The summed E-state index contributed by atoms with van der Waals surface area (Å²) >= 11 is 3.56. The van der Waals surface area contributed by atoms with E-state index in [1.54, 1.807) is 0 Å². The molecule has 1 N–H and O–H groups in total. The Morgan fingerprint density at radius 1 is 1.26 bits per heavy atom. The number of rotatable bonds is 6. The molecule has 0 spiro atoms. The quantitative estimate of drug-likeness (QED) is 0.779. The molecule has 1 fully saturated rings. The number of aliphatic hydroxyl groups is 1. The van der Waals surface area contributed by atoms with E-state index in [0.29, 0.717) is 13.2 Å². The van der Waals surface area contributed by atoms with Gasteiger partial charge in [0.15, 0.2) is 5.79 Å². The summed E-state index contributed by atoms with van der Waals surface area (Å²) in [4.78, 5) is 0. The van der Waals surface area contributed by atoms with Crippen molar-refractivity contribution in [2.24, 2.45) is 0 Å². The molecule has 0 aliphatic carbocycles. The van der Waals surface area contributed by atoms with Crippen molar-refractivity contribution in [2.75, 3.05) is 19.8 Å². The molecule has 0 unspecified atom stereocenters. The van der Waals surface area contributed by atoms with Gasteiger partial charge in [0.2, 0.25) is 0 Å². The topological polar surface area (TPSA) is 52.8 Å². The Balaban J connectivity index is 1.52. The highest BCUT2D eigenvalue weighted by molar-refractivity contribution is 9.10. The molecule has 2 atom stereocenters. The van der Waals surface area contributed by atoms with E-state index in [1.807, 2.05) is 26.0 Å². The molecule has 0 amide bonds. The minimum atomic E-state index is -0.662. The van der Waals surface area contributed by atoms with E-state index in [-0.39, 0.29) is 18.8 Å². The first-order valence-corrected chi connectivity index (χ1v) is 8.57. The molecule has 2 aromatic rings. The summed E-state index contributed by atoms with van der Waals surface area (Å²) in [5.41, 5.74) is 1.18. The van der Waals surface area contributed by atoms with Crippen molar-refractivity contribution in [3.05, 3.63) is 34.9 Å².